The highest BCUT2D eigenvalue weighted by molar-refractivity contribution is 4.74. The molecule has 15 heavy (non-hydrogen) atoms. The molecule has 2 fully saturated rings. The van der Waals surface area contributed by atoms with Crippen LogP contribution >= 0.6 is 0 Å². The summed E-state index contributed by atoms with van der Waals surface area (Å²) in [7, 11) is 2.17. The summed E-state index contributed by atoms with van der Waals surface area (Å²) >= 11 is 0. The molecule has 1 N–H and O–H groups in total. The molecule has 0 saturated carbocycles. The van der Waals surface area contributed by atoms with Gasteiger partial charge in [0, 0.05) is 13.0 Å². The molecule has 0 aromatic heterocycles. The number of likely N-dealkylation sites (tertiary alicyclic amines) is 1. The first-order chi connectivity index (χ1) is 7.28. The van der Waals surface area contributed by atoms with E-state index < -0.39 is 0 Å². The topological polar surface area (TPSA) is 41.9 Å². The second-order valence-electron chi connectivity index (χ2n) is 4.71. The van der Waals surface area contributed by atoms with E-state index in [4.69, 9.17) is 14.6 Å². The van der Waals surface area contributed by atoms with E-state index in [-0.39, 0.29) is 19.0 Å². The molecule has 0 bridgehead atoms. The molecule has 0 aromatic carbocycles. The molecule has 2 heterocycles. The molecule has 0 aromatic rings. The van der Waals surface area contributed by atoms with Crippen molar-refractivity contribution in [2.75, 3.05) is 33.4 Å². The fourth-order valence-corrected chi connectivity index (χ4v) is 2.46. The van der Waals surface area contributed by atoms with Gasteiger partial charge in [-0.25, -0.2) is 0 Å². The average Bonchev–Trinajstić information content (AvgIpc) is 2.65. The molecule has 2 aliphatic rings. The van der Waals surface area contributed by atoms with Crippen LogP contribution in [0.2, 0.25) is 0 Å². The van der Waals surface area contributed by atoms with Gasteiger partial charge in [0.1, 0.15) is 6.10 Å². The second kappa shape index (κ2) is 5.25. The van der Waals surface area contributed by atoms with Crippen molar-refractivity contribution in [3.8, 4) is 0 Å². The van der Waals surface area contributed by atoms with Gasteiger partial charge in [-0.3, -0.25) is 0 Å². The Hall–Kier alpha value is -0.160. The summed E-state index contributed by atoms with van der Waals surface area (Å²) in [6, 6.07) is 0. The molecule has 0 radical (unpaired) electrons. The highest BCUT2D eigenvalue weighted by atomic mass is 16.7. The first-order valence-electron chi connectivity index (χ1n) is 5.84. The first-order valence-corrected chi connectivity index (χ1v) is 5.84. The number of ether oxygens (including phenoxy) is 2. The molecular formula is C11H21NO3. The van der Waals surface area contributed by atoms with Crippen molar-refractivity contribution < 1.29 is 14.6 Å². The van der Waals surface area contributed by atoms with Crippen LogP contribution < -0.4 is 0 Å². The highest BCUT2D eigenvalue weighted by Crippen LogP contribution is 2.24. The lowest BCUT2D eigenvalue weighted by Crippen LogP contribution is -2.34. The molecule has 2 aliphatic heterocycles. The van der Waals surface area contributed by atoms with E-state index in [0.29, 0.717) is 12.5 Å². The molecule has 4 heteroatoms. The summed E-state index contributed by atoms with van der Waals surface area (Å²) in [4.78, 5) is 2.37. The van der Waals surface area contributed by atoms with Crippen molar-refractivity contribution in [1.82, 2.24) is 4.90 Å². The Morgan fingerprint density at radius 1 is 1.47 bits per heavy atom. The Bertz CT molecular complexity index is 200. The number of piperidine rings is 1. The average molecular weight is 215 g/mol. The Morgan fingerprint density at radius 2 is 2.33 bits per heavy atom. The normalized spacial score (nSPS) is 38.4. The van der Waals surface area contributed by atoms with Crippen molar-refractivity contribution in [3.05, 3.63) is 0 Å². The number of hydrogen-bond donors (Lipinski definition) is 1. The van der Waals surface area contributed by atoms with E-state index in [1.54, 1.807) is 0 Å². The summed E-state index contributed by atoms with van der Waals surface area (Å²) in [5, 5.41) is 8.92. The van der Waals surface area contributed by atoms with E-state index in [9.17, 15) is 0 Å². The maximum Gasteiger partial charge on any atom is 0.158 e. The van der Waals surface area contributed by atoms with Crippen LogP contribution in [-0.4, -0.2) is 55.8 Å². The van der Waals surface area contributed by atoms with Gasteiger partial charge in [-0.2, -0.15) is 0 Å². The third-order valence-corrected chi connectivity index (χ3v) is 3.26. The van der Waals surface area contributed by atoms with Gasteiger partial charge in [0.05, 0.1) is 13.2 Å². The summed E-state index contributed by atoms with van der Waals surface area (Å²) in [6.07, 6.45) is 3.34. The van der Waals surface area contributed by atoms with E-state index in [0.717, 1.165) is 13.0 Å². The van der Waals surface area contributed by atoms with E-state index >= 15 is 0 Å². The van der Waals surface area contributed by atoms with Crippen LogP contribution in [0.1, 0.15) is 19.3 Å². The van der Waals surface area contributed by atoms with Gasteiger partial charge in [-0.15, -0.1) is 0 Å². The monoisotopic (exact) mass is 215 g/mol. The lowest BCUT2D eigenvalue weighted by Gasteiger charge is -2.30. The minimum Gasteiger partial charge on any atom is -0.394 e. The van der Waals surface area contributed by atoms with Gasteiger partial charge < -0.3 is 19.5 Å². The number of aliphatic hydroxyl groups excluding tert-OH is 1. The molecule has 3 atom stereocenters. The van der Waals surface area contributed by atoms with Gasteiger partial charge >= 0.3 is 0 Å². The summed E-state index contributed by atoms with van der Waals surface area (Å²) < 4.78 is 11.1. The Kier molecular flexibility index (Phi) is 3.97. The molecule has 3 unspecified atom stereocenters. The van der Waals surface area contributed by atoms with E-state index in [1.165, 1.54) is 19.4 Å². The molecule has 2 saturated heterocycles. The lowest BCUT2D eigenvalue weighted by atomic mass is 9.95. The van der Waals surface area contributed by atoms with Crippen LogP contribution in [0.3, 0.4) is 0 Å². The summed E-state index contributed by atoms with van der Waals surface area (Å²) in [6.45, 7) is 2.97. The molecular weight excluding hydrogens is 194 g/mol. The van der Waals surface area contributed by atoms with Crippen LogP contribution in [0, 0.1) is 5.92 Å². The van der Waals surface area contributed by atoms with E-state index in [1.807, 2.05) is 0 Å². The van der Waals surface area contributed by atoms with Crippen molar-refractivity contribution in [1.29, 1.82) is 0 Å². The van der Waals surface area contributed by atoms with Crippen LogP contribution in [0.5, 0.6) is 0 Å². The molecule has 2 rings (SSSR count). The van der Waals surface area contributed by atoms with E-state index in [2.05, 4.69) is 11.9 Å². The molecule has 88 valence electrons. The molecule has 0 aliphatic carbocycles. The quantitative estimate of drug-likeness (QED) is 0.742. The Balaban J connectivity index is 1.72. The van der Waals surface area contributed by atoms with Crippen LogP contribution in [0.25, 0.3) is 0 Å². The van der Waals surface area contributed by atoms with Crippen molar-refractivity contribution in [2.24, 2.45) is 5.92 Å². The maximum absolute atomic E-state index is 8.92. The largest absolute Gasteiger partial charge is 0.394 e. The first kappa shape index (κ1) is 11.3. The van der Waals surface area contributed by atoms with Crippen molar-refractivity contribution in [2.45, 2.75) is 31.7 Å². The zero-order valence-corrected chi connectivity index (χ0v) is 9.39. The Morgan fingerprint density at radius 3 is 3.00 bits per heavy atom. The minimum atomic E-state index is -0.101. The SMILES string of the molecule is CN1CCCC(CC2OCC(CO)O2)C1. The maximum atomic E-state index is 8.92. The second-order valence-corrected chi connectivity index (χ2v) is 4.71. The number of nitrogens with zero attached hydrogens (tertiary/aromatic N) is 1. The molecule has 0 amide bonds. The van der Waals surface area contributed by atoms with Gasteiger partial charge in [-0.1, -0.05) is 0 Å². The summed E-state index contributed by atoms with van der Waals surface area (Å²) in [5.74, 6) is 0.686. The third-order valence-electron chi connectivity index (χ3n) is 3.26. The Labute approximate surface area is 91.2 Å². The lowest BCUT2D eigenvalue weighted by molar-refractivity contribution is -0.0817. The summed E-state index contributed by atoms with van der Waals surface area (Å²) in [5.41, 5.74) is 0. The predicted octanol–water partition coefficient (Wildman–Crippen LogP) is 0.452. The number of rotatable bonds is 3. The van der Waals surface area contributed by atoms with Gasteiger partial charge in [0.25, 0.3) is 0 Å². The van der Waals surface area contributed by atoms with Gasteiger partial charge in [0.15, 0.2) is 6.29 Å². The fraction of sp³-hybridized carbons (Fsp3) is 1.00. The number of hydrogen-bond acceptors (Lipinski definition) is 4. The van der Waals surface area contributed by atoms with Crippen molar-refractivity contribution in [3.63, 3.8) is 0 Å². The molecule has 0 spiro atoms. The van der Waals surface area contributed by atoms with Crippen LogP contribution in [0.4, 0.5) is 0 Å². The standard InChI is InChI=1S/C11H21NO3/c1-12-4-2-3-9(6-12)5-11-14-8-10(7-13)15-11/h9-11,13H,2-8H2,1H3. The van der Waals surface area contributed by atoms with Gasteiger partial charge in [-0.05, 0) is 32.4 Å². The van der Waals surface area contributed by atoms with Gasteiger partial charge in [0.2, 0.25) is 0 Å². The predicted molar refractivity (Wildman–Crippen MR) is 56.5 cm³/mol. The zero-order chi connectivity index (χ0) is 10.7. The zero-order valence-electron chi connectivity index (χ0n) is 9.39. The van der Waals surface area contributed by atoms with Crippen molar-refractivity contribution >= 4 is 0 Å². The number of aliphatic hydroxyl groups is 1. The highest BCUT2D eigenvalue weighted by Gasteiger charge is 2.29. The molecule has 4 nitrogen and oxygen atoms in total. The minimum absolute atomic E-state index is 0.0705. The van der Waals surface area contributed by atoms with Crippen LogP contribution in [-0.2, 0) is 9.47 Å². The fourth-order valence-electron chi connectivity index (χ4n) is 2.46. The van der Waals surface area contributed by atoms with Crippen LogP contribution in [0.15, 0.2) is 0 Å². The third kappa shape index (κ3) is 3.14. The smallest absolute Gasteiger partial charge is 0.158 e.